The van der Waals surface area contributed by atoms with Crippen LogP contribution in [0.2, 0.25) is 0 Å². The number of aliphatic hydroxyl groups is 1. The monoisotopic (exact) mass is 618 g/mol. The summed E-state index contributed by atoms with van der Waals surface area (Å²) in [6, 6.07) is -7.31. The Balaban J connectivity index is 2.91. The zero-order valence-corrected chi connectivity index (χ0v) is 24.6. The van der Waals surface area contributed by atoms with Crippen LogP contribution in [0.5, 0.6) is 0 Å². The molecule has 5 amide bonds. The van der Waals surface area contributed by atoms with Crippen molar-refractivity contribution < 1.29 is 39.0 Å². The minimum absolute atomic E-state index is 0.0167. The molecule has 1 rings (SSSR count). The number of carboxylic acids is 1. The highest BCUT2D eigenvalue weighted by atomic mass is 32.1. The Kier molecular flexibility index (Phi) is 15.2. The molecule has 0 aliphatic heterocycles. The maximum atomic E-state index is 13.0. The van der Waals surface area contributed by atoms with Crippen molar-refractivity contribution in [2.45, 2.75) is 63.4 Å². The van der Waals surface area contributed by atoms with Crippen molar-refractivity contribution in [1.82, 2.24) is 36.6 Å². The minimum atomic E-state index is -1.50. The van der Waals surface area contributed by atoms with Crippen LogP contribution in [0, 0.1) is 5.92 Å². The number of hydrogen-bond donors (Lipinski definition) is 11. The number of nitrogens with zero attached hydrogens (tertiary/aromatic N) is 1. The first-order valence-electron chi connectivity index (χ1n) is 12.6. The quantitative estimate of drug-likeness (QED) is 0.0762. The van der Waals surface area contributed by atoms with Crippen molar-refractivity contribution >= 4 is 60.8 Å². The van der Waals surface area contributed by atoms with Gasteiger partial charge < -0.3 is 47.5 Å². The fraction of sp³-hybridized carbons (Fsp3) is 0.609. The molecule has 18 heteroatoms. The molecule has 1 aromatic heterocycles. The standard InChI is InChI=1S/C23H38N8O8S2/c1-10(2)17(22(37)29-15(6-32)21(36)30-16(8-41)23(38)39)31-18(33)11(3)27-20(35)14(4-12-5-25-9-26-12)28-19(34)13(24)7-40/h5,9-11,13-17,32,40-41H,4,6-8,24H2,1-3H3,(H,25,26)(H,27,35)(H,28,34)(H,29,37)(H,30,36)(H,31,33)(H,38,39). The SMILES string of the molecule is CC(NC(=O)C(Cc1cnc[nH]1)NC(=O)C(N)CS)C(=O)NC(C(=O)NC(CO)C(=O)NC(CS)C(=O)O)C(C)C. The zero-order chi connectivity index (χ0) is 31.3. The molecule has 0 aliphatic rings. The van der Waals surface area contributed by atoms with E-state index in [0.29, 0.717) is 5.69 Å². The number of thiol groups is 2. The second kappa shape index (κ2) is 17.5. The fourth-order valence-electron chi connectivity index (χ4n) is 3.29. The van der Waals surface area contributed by atoms with Crippen LogP contribution in [0.15, 0.2) is 12.5 Å². The third-order valence-corrected chi connectivity index (χ3v) is 6.52. The van der Waals surface area contributed by atoms with Crippen molar-refractivity contribution in [2.24, 2.45) is 11.7 Å². The second-order valence-corrected chi connectivity index (χ2v) is 10.1. The van der Waals surface area contributed by atoms with Crippen LogP contribution in [0.4, 0.5) is 0 Å². The average Bonchev–Trinajstić information content (AvgIpc) is 3.44. The molecule has 16 nitrogen and oxygen atoms in total. The van der Waals surface area contributed by atoms with Crippen LogP contribution in [0.25, 0.3) is 0 Å². The van der Waals surface area contributed by atoms with Crippen molar-refractivity contribution in [1.29, 1.82) is 0 Å². The smallest absolute Gasteiger partial charge is 0.327 e. The third-order valence-electron chi connectivity index (χ3n) is 5.76. The van der Waals surface area contributed by atoms with Crippen molar-refractivity contribution in [3.8, 4) is 0 Å². The number of nitrogens with two attached hydrogens (primary N) is 1. The van der Waals surface area contributed by atoms with Crippen LogP contribution in [-0.4, -0.2) is 110 Å². The van der Waals surface area contributed by atoms with Crippen molar-refractivity contribution in [2.75, 3.05) is 18.1 Å². The van der Waals surface area contributed by atoms with Gasteiger partial charge in [0.15, 0.2) is 0 Å². The van der Waals surface area contributed by atoms with Gasteiger partial charge in [-0.25, -0.2) is 9.78 Å². The Labute approximate surface area is 247 Å². The molecule has 0 saturated carbocycles. The zero-order valence-electron chi connectivity index (χ0n) is 22.8. The predicted molar refractivity (Wildman–Crippen MR) is 153 cm³/mol. The van der Waals surface area contributed by atoms with Crippen LogP contribution >= 0.6 is 25.3 Å². The van der Waals surface area contributed by atoms with E-state index in [9.17, 15) is 33.9 Å². The van der Waals surface area contributed by atoms with E-state index in [2.05, 4.69) is 61.8 Å². The number of nitrogens with one attached hydrogen (secondary N) is 6. The number of carbonyl (C=O) groups is 6. The summed E-state index contributed by atoms with van der Waals surface area (Å²) in [7, 11) is 0. The van der Waals surface area contributed by atoms with E-state index in [4.69, 9.17) is 10.8 Å². The first-order valence-corrected chi connectivity index (χ1v) is 13.8. The molecule has 0 radical (unpaired) electrons. The van der Waals surface area contributed by atoms with Gasteiger partial charge in [0.2, 0.25) is 29.5 Å². The van der Waals surface area contributed by atoms with Crippen LogP contribution in [-0.2, 0) is 35.2 Å². The maximum absolute atomic E-state index is 13.0. The van der Waals surface area contributed by atoms with Gasteiger partial charge in [0.05, 0.1) is 19.0 Å². The lowest BCUT2D eigenvalue weighted by atomic mass is 10.0. The molecule has 6 unspecified atom stereocenters. The molecule has 1 heterocycles. The number of amides is 5. The van der Waals surface area contributed by atoms with E-state index in [1.807, 2.05) is 0 Å². The summed E-state index contributed by atoms with van der Waals surface area (Å²) in [6.45, 7) is 3.75. The molecular weight excluding hydrogens is 580 g/mol. The number of aromatic nitrogens is 2. The van der Waals surface area contributed by atoms with Gasteiger partial charge in [-0.1, -0.05) is 13.8 Å². The Bertz CT molecular complexity index is 1060. The summed E-state index contributed by atoms with van der Waals surface area (Å²) in [4.78, 5) is 81.4. The van der Waals surface area contributed by atoms with E-state index in [-0.39, 0.29) is 17.9 Å². The molecule has 41 heavy (non-hydrogen) atoms. The normalized spacial score (nSPS) is 15.4. The number of rotatable bonds is 17. The average molecular weight is 619 g/mol. The number of carbonyl (C=O) groups excluding carboxylic acids is 5. The Morgan fingerprint density at radius 3 is 1.93 bits per heavy atom. The van der Waals surface area contributed by atoms with Gasteiger partial charge in [-0.3, -0.25) is 24.0 Å². The first-order chi connectivity index (χ1) is 19.2. The lowest BCUT2D eigenvalue weighted by Crippen LogP contribution is -2.60. The highest BCUT2D eigenvalue weighted by molar-refractivity contribution is 7.80. The van der Waals surface area contributed by atoms with E-state index >= 15 is 0 Å². The predicted octanol–water partition coefficient (Wildman–Crippen LogP) is -3.68. The van der Waals surface area contributed by atoms with Gasteiger partial charge in [0.25, 0.3) is 0 Å². The Hall–Kier alpha value is -3.35. The van der Waals surface area contributed by atoms with Crippen LogP contribution < -0.4 is 32.3 Å². The molecule has 0 saturated heterocycles. The number of imidazole rings is 1. The van der Waals surface area contributed by atoms with Gasteiger partial charge in [-0.05, 0) is 12.8 Å². The number of carboxylic acid groups (broad SMARTS) is 1. The lowest BCUT2D eigenvalue weighted by molar-refractivity contribution is -0.142. The van der Waals surface area contributed by atoms with E-state index < -0.39 is 84.3 Å². The first kappa shape index (κ1) is 35.7. The summed E-state index contributed by atoms with van der Waals surface area (Å²) >= 11 is 7.82. The fourth-order valence-corrected chi connectivity index (χ4v) is 3.71. The molecule has 0 bridgehead atoms. The van der Waals surface area contributed by atoms with E-state index in [1.165, 1.54) is 19.4 Å². The molecule has 0 fully saturated rings. The Morgan fingerprint density at radius 1 is 0.854 bits per heavy atom. The molecule has 0 spiro atoms. The minimum Gasteiger partial charge on any atom is -0.480 e. The summed E-state index contributed by atoms with van der Waals surface area (Å²) < 4.78 is 0. The van der Waals surface area contributed by atoms with Gasteiger partial charge in [0.1, 0.15) is 30.2 Å². The van der Waals surface area contributed by atoms with Crippen molar-refractivity contribution in [3.05, 3.63) is 18.2 Å². The third kappa shape index (κ3) is 11.6. The molecule has 6 atom stereocenters. The van der Waals surface area contributed by atoms with Gasteiger partial charge in [-0.2, -0.15) is 25.3 Å². The number of aliphatic carboxylic acids is 1. The van der Waals surface area contributed by atoms with Crippen molar-refractivity contribution in [3.63, 3.8) is 0 Å². The lowest BCUT2D eigenvalue weighted by Gasteiger charge is -2.27. The Morgan fingerprint density at radius 2 is 1.44 bits per heavy atom. The largest absolute Gasteiger partial charge is 0.480 e. The summed E-state index contributed by atoms with van der Waals surface area (Å²) in [5, 5.41) is 30.6. The van der Waals surface area contributed by atoms with Gasteiger partial charge in [0, 0.05) is 29.8 Å². The van der Waals surface area contributed by atoms with Gasteiger partial charge >= 0.3 is 5.97 Å². The summed E-state index contributed by atoms with van der Waals surface area (Å²) in [5.41, 5.74) is 6.23. The summed E-state index contributed by atoms with van der Waals surface area (Å²) in [6.07, 6.45) is 2.88. The molecule has 10 N–H and O–H groups in total. The highest BCUT2D eigenvalue weighted by Gasteiger charge is 2.32. The highest BCUT2D eigenvalue weighted by Crippen LogP contribution is 2.05. The van der Waals surface area contributed by atoms with Gasteiger partial charge in [-0.15, -0.1) is 0 Å². The summed E-state index contributed by atoms with van der Waals surface area (Å²) in [5.74, 6) is -5.91. The van der Waals surface area contributed by atoms with E-state index in [1.54, 1.807) is 13.8 Å². The molecule has 0 aromatic carbocycles. The number of hydrogen-bond acceptors (Lipinski definition) is 11. The van der Waals surface area contributed by atoms with Crippen LogP contribution in [0.3, 0.4) is 0 Å². The maximum Gasteiger partial charge on any atom is 0.327 e. The second-order valence-electron chi connectivity index (χ2n) is 9.42. The number of aromatic amines is 1. The van der Waals surface area contributed by atoms with Crippen LogP contribution in [0.1, 0.15) is 26.5 Å². The number of H-pyrrole nitrogens is 1. The number of aliphatic hydroxyl groups excluding tert-OH is 1. The van der Waals surface area contributed by atoms with E-state index in [0.717, 1.165) is 0 Å². The topological polar surface area (TPSA) is 258 Å². The molecular formula is C23H38N8O8S2. The molecule has 1 aromatic rings. The molecule has 0 aliphatic carbocycles. The molecule has 230 valence electrons.